The summed E-state index contributed by atoms with van der Waals surface area (Å²) in [4.78, 5) is 35.4. The van der Waals surface area contributed by atoms with Crippen LogP contribution in [-0.2, 0) is 4.79 Å². The third-order valence-electron chi connectivity index (χ3n) is 10.8. The summed E-state index contributed by atoms with van der Waals surface area (Å²) in [6.07, 6.45) is 9.11. The second-order valence-corrected chi connectivity index (χ2v) is 14.6. The predicted octanol–water partition coefficient (Wildman–Crippen LogP) is 5.11. The molecule has 12 nitrogen and oxygen atoms in total. The van der Waals surface area contributed by atoms with Crippen molar-refractivity contribution in [3.8, 4) is 17.5 Å². The van der Waals surface area contributed by atoms with Gasteiger partial charge in [-0.25, -0.2) is 14.5 Å². The molecule has 3 aliphatic rings. The van der Waals surface area contributed by atoms with Crippen molar-refractivity contribution >= 4 is 28.7 Å². The van der Waals surface area contributed by atoms with Crippen molar-refractivity contribution in [2.24, 2.45) is 5.92 Å². The number of nitriles is 1. The van der Waals surface area contributed by atoms with Gasteiger partial charge in [-0.15, -0.1) is 0 Å². The van der Waals surface area contributed by atoms with Crippen LogP contribution in [-0.4, -0.2) is 106 Å². The first-order chi connectivity index (χ1) is 24.7. The number of rotatable bonds is 9. The molecule has 13 heteroatoms. The Hall–Kier alpha value is -4.83. The van der Waals surface area contributed by atoms with Crippen LogP contribution in [0.1, 0.15) is 62.3 Å². The molecule has 0 aromatic carbocycles. The summed E-state index contributed by atoms with van der Waals surface area (Å²) >= 11 is 0. The van der Waals surface area contributed by atoms with E-state index in [4.69, 9.17) is 20.2 Å². The smallest absolute Gasteiger partial charge is 0.236 e. The quantitative estimate of drug-likeness (QED) is 0.253. The minimum absolute atomic E-state index is 0.135. The maximum Gasteiger partial charge on any atom is 0.236 e. The number of nitrogens with one attached hydrogen (secondary N) is 1. The number of carbonyl (C=O) groups excluding carboxylic acids is 1. The maximum atomic E-state index is 16.5. The van der Waals surface area contributed by atoms with Crippen molar-refractivity contribution in [3.05, 3.63) is 59.9 Å². The van der Waals surface area contributed by atoms with E-state index in [9.17, 15) is 4.79 Å². The van der Waals surface area contributed by atoms with Gasteiger partial charge in [0.1, 0.15) is 6.42 Å². The highest BCUT2D eigenvalue weighted by atomic mass is 19.1. The van der Waals surface area contributed by atoms with Gasteiger partial charge >= 0.3 is 0 Å². The Morgan fingerprint density at radius 2 is 1.84 bits per heavy atom. The Bertz CT molecular complexity index is 1890. The van der Waals surface area contributed by atoms with Crippen molar-refractivity contribution in [1.82, 2.24) is 34.4 Å². The minimum atomic E-state index is -0.474. The molecule has 0 radical (unpaired) electrons. The average molecular weight is 694 g/mol. The van der Waals surface area contributed by atoms with Crippen LogP contribution in [0.5, 0.6) is 0 Å². The number of piperidine rings is 3. The third-order valence-corrected chi connectivity index (χ3v) is 10.8. The van der Waals surface area contributed by atoms with Gasteiger partial charge in [0.2, 0.25) is 11.7 Å². The lowest BCUT2D eigenvalue weighted by Crippen LogP contribution is -2.45. The molecule has 1 N–H and O–H groups in total. The summed E-state index contributed by atoms with van der Waals surface area (Å²) in [5.74, 6) is 1.20. The standard InChI is InChI=1S/C38H48FN11O/c1-26-21-30(46(2)3)22-32(42-26)28-12-17-47(18-13-28)24-27-10-19-48(20-11-27)38-35(39)37(43-29-7-6-15-49(25-29)34(51)9-14-40)44-36(45-38)31-23-41-50-16-5-4-8-33(31)50/h4-5,8,16,21-23,27-29H,6-7,9-13,15,17-20,24-25H2,1-3H3,(H,43,44,45)/t29-/m1/s1. The van der Waals surface area contributed by atoms with Crippen LogP contribution in [0.3, 0.4) is 0 Å². The topological polar surface area (TPSA) is 122 Å². The predicted molar refractivity (Wildman–Crippen MR) is 196 cm³/mol. The van der Waals surface area contributed by atoms with Crippen LogP contribution >= 0.6 is 0 Å². The van der Waals surface area contributed by atoms with Crippen molar-refractivity contribution in [1.29, 1.82) is 5.26 Å². The molecule has 0 saturated carbocycles. The van der Waals surface area contributed by atoms with E-state index >= 15 is 4.39 Å². The van der Waals surface area contributed by atoms with E-state index in [1.807, 2.05) is 30.5 Å². The van der Waals surface area contributed by atoms with Crippen LogP contribution in [0.25, 0.3) is 16.9 Å². The number of likely N-dealkylation sites (tertiary alicyclic amines) is 2. The van der Waals surface area contributed by atoms with E-state index in [1.165, 1.54) is 11.4 Å². The number of carbonyl (C=O) groups is 1. The molecule has 7 rings (SSSR count). The number of halogens is 1. The van der Waals surface area contributed by atoms with Gasteiger partial charge in [0.25, 0.3) is 0 Å². The van der Waals surface area contributed by atoms with Gasteiger partial charge in [-0.2, -0.15) is 14.8 Å². The molecule has 0 unspecified atom stereocenters. The number of hydrogen-bond acceptors (Lipinski definition) is 10. The zero-order chi connectivity index (χ0) is 35.5. The van der Waals surface area contributed by atoms with Crippen molar-refractivity contribution in [2.45, 2.75) is 63.8 Å². The number of pyridine rings is 2. The lowest BCUT2D eigenvalue weighted by molar-refractivity contribution is -0.131. The molecule has 0 aliphatic carbocycles. The van der Waals surface area contributed by atoms with Gasteiger partial charge in [-0.3, -0.25) is 9.78 Å². The Morgan fingerprint density at radius 3 is 2.61 bits per heavy atom. The van der Waals surface area contributed by atoms with E-state index in [0.29, 0.717) is 49.7 Å². The molecule has 0 bridgehead atoms. The van der Waals surface area contributed by atoms with Gasteiger partial charge in [0.15, 0.2) is 17.5 Å². The Labute approximate surface area is 299 Å². The van der Waals surface area contributed by atoms with Crippen LogP contribution < -0.4 is 15.1 Å². The summed E-state index contributed by atoms with van der Waals surface area (Å²) in [7, 11) is 4.16. The monoisotopic (exact) mass is 693 g/mol. The summed E-state index contributed by atoms with van der Waals surface area (Å²) in [6.45, 7) is 7.68. The number of aromatic nitrogens is 5. The van der Waals surface area contributed by atoms with Gasteiger partial charge in [0.05, 0.1) is 23.3 Å². The molecule has 7 heterocycles. The van der Waals surface area contributed by atoms with Gasteiger partial charge in [-0.05, 0) is 88.7 Å². The zero-order valence-electron chi connectivity index (χ0n) is 29.9. The number of hydrogen-bond donors (Lipinski definition) is 1. The SMILES string of the molecule is Cc1cc(N(C)C)cc(C2CCN(CC3CCN(c4nc(-c5cnn6ccccc56)nc(N[C@@H]5CCCN(C(=O)CC#N)C5)c4F)CC3)CC2)n1. The molecule has 3 saturated heterocycles. The summed E-state index contributed by atoms with van der Waals surface area (Å²) in [5.41, 5.74) is 5.06. The van der Waals surface area contributed by atoms with E-state index < -0.39 is 5.82 Å². The highest BCUT2D eigenvalue weighted by Crippen LogP contribution is 2.34. The fourth-order valence-electron chi connectivity index (χ4n) is 7.91. The third kappa shape index (κ3) is 7.76. The Morgan fingerprint density at radius 1 is 1.04 bits per heavy atom. The maximum absolute atomic E-state index is 16.5. The summed E-state index contributed by atoms with van der Waals surface area (Å²) in [6, 6.07) is 11.9. The molecule has 268 valence electrons. The molecule has 1 amide bonds. The molecule has 4 aromatic heterocycles. The second-order valence-electron chi connectivity index (χ2n) is 14.6. The first-order valence-electron chi connectivity index (χ1n) is 18.3. The minimum Gasteiger partial charge on any atom is -0.378 e. The summed E-state index contributed by atoms with van der Waals surface area (Å²) in [5, 5.41) is 16.8. The first kappa shape index (κ1) is 34.6. The molecule has 0 spiro atoms. The fraction of sp³-hybridized carbons (Fsp3) is 0.526. The first-order valence-corrected chi connectivity index (χ1v) is 18.3. The molecule has 3 fully saturated rings. The molecule has 1 atom stereocenters. The number of fused-ring (bicyclic) bond motifs is 1. The molecule has 51 heavy (non-hydrogen) atoms. The normalized spacial score (nSPS) is 19.3. The highest BCUT2D eigenvalue weighted by Gasteiger charge is 2.31. The zero-order valence-corrected chi connectivity index (χ0v) is 29.9. The molecule has 3 aliphatic heterocycles. The van der Waals surface area contributed by atoms with Crippen LogP contribution in [0.4, 0.5) is 21.7 Å². The van der Waals surface area contributed by atoms with Crippen molar-refractivity contribution in [3.63, 3.8) is 0 Å². The van der Waals surface area contributed by atoms with E-state index in [1.54, 1.807) is 15.6 Å². The summed E-state index contributed by atoms with van der Waals surface area (Å²) < 4.78 is 18.2. The lowest BCUT2D eigenvalue weighted by atomic mass is 9.90. The van der Waals surface area contributed by atoms with Gasteiger partial charge in [0, 0.05) is 82.1 Å². The van der Waals surface area contributed by atoms with E-state index in [0.717, 1.165) is 74.9 Å². The fourth-order valence-corrected chi connectivity index (χ4v) is 7.91. The van der Waals surface area contributed by atoms with Crippen LogP contribution in [0.2, 0.25) is 0 Å². The number of anilines is 3. The Kier molecular flexibility index (Phi) is 10.3. The largest absolute Gasteiger partial charge is 0.378 e. The highest BCUT2D eigenvalue weighted by molar-refractivity contribution is 5.79. The van der Waals surface area contributed by atoms with Crippen LogP contribution in [0.15, 0.2) is 42.7 Å². The number of amides is 1. The molecule has 4 aromatic rings. The second kappa shape index (κ2) is 15.2. The Balaban J connectivity index is 1.04. The van der Waals surface area contributed by atoms with Crippen molar-refractivity contribution in [2.75, 3.05) is 75.0 Å². The molecular weight excluding hydrogens is 645 g/mol. The van der Waals surface area contributed by atoms with Crippen LogP contribution in [0, 0.1) is 30.0 Å². The van der Waals surface area contributed by atoms with Gasteiger partial charge < -0.3 is 24.9 Å². The van der Waals surface area contributed by atoms with Crippen molar-refractivity contribution < 1.29 is 9.18 Å². The average Bonchev–Trinajstić information content (AvgIpc) is 3.57. The lowest BCUT2D eigenvalue weighted by Gasteiger charge is -2.38. The van der Waals surface area contributed by atoms with E-state index in [2.05, 4.69) is 58.3 Å². The van der Waals surface area contributed by atoms with Gasteiger partial charge in [-0.1, -0.05) is 6.07 Å². The number of aryl methyl sites for hydroxylation is 1. The molecular formula is C38H48FN11O. The number of nitrogens with zero attached hydrogens (tertiary/aromatic N) is 10. The van der Waals surface area contributed by atoms with E-state index in [-0.39, 0.29) is 24.2 Å².